The van der Waals surface area contributed by atoms with Gasteiger partial charge in [0.1, 0.15) is 35.3 Å². The molecule has 234 valence electrons. The average molecular weight is 601 g/mol. The maximum absolute atomic E-state index is 13.1. The summed E-state index contributed by atoms with van der Waals surface area (Å²) >= 11 is 0. The molecule has 1 aromatic carbocycles. The molecule has 3 aromatic rings. The Balaban J connectivity index is 1.25. The summed E-state index contributed by atoms with van der Waals surface area (Å²) in [6.45, 7) is 10.5. The number of aryl methyl sites for hydroxylation is 1. The first-order valence-electron chi connectivity index (χ1n) is 15.9. The highest BCUT2D eigenvalue weighted by molar-refractivity contribution is 5.86. The van der Waals surface area contributed by atoms with E-state index in [1.54, 1.807) is 6.33 Å². The SMILES string of the molecule is CCc1c(NC[C@H](NC(=O)Cc2ccccc2)C(=O)OC(C)(C)C)ncnc1N1CCC([n+]2ccc3c(c2)NCCC3)CC1. The largest absolute Gasteiger partial charge is 0.458 e. The molecule has 2 aliphatic heterocycles. The fourth-order valence-electron chi connectivity index (χ4n) is 5.97. The van der Waals surface area contributed by atoms with Crippen LogP contribution in [0.25, 0.3) is 0 Å². The number of hydrogen-bond donors (Lipinski definition) is 3. The van der Waals surface area contributed by atoms with E-state index >= 15 is 0 Å². The molecular formula is C34H46N7O3+. The quantitative estimate of drug-likeness (QED) is 0.237. The van der Waals surface area contributed by atoms with Gasteiger partial charge in [0.05, 0.1) is 6.42 Å². The molecule has 2 aliphatic rings. The summed E-state index contributed by atoms with van der Waals surface area (Å²) in [5.41, 5.74) is 3.86. The van der Waals surface area contributed by atoms with Crippen LogP contribution in [0.4, 0.5) is 17.3 Å². The lowest BCUT2D eigenvalue weighted by Crippen LogP contribution is -2.48. The van der Waals surface area contributed by atoms with Crippen LogP contribution in [0.15, 0.2) is 55.1 Å². The molecule has 0 aliphatic carbocycles. The van der Waals surface area contributed by atoms with Gasteiger partial charge in [-0.3, -0.25) is 4.79 Å². The highest BCUT2D eigenvalue weighted by Crippen LogP contribution is 2.29. The summed E-state index contributed by atoms with van der Waals surface area (Å²) in [6, 6.07) is 11.3. The molecule has 10 nitrogen and oxygen atoms in total. The van der Waals surface area contributed by atoms with Gasteiger partial charge in [0.2, 0.25) is 5.91 Å². The van der Waals surface area contributed by atoms with Gasteiger partial charge < -0.3 is 25.6 Å². The van der Waals surface area contributed by atoms with Crippen molar-refractivity contribution in [3.63, 3.8) is 0 Å². The van der Waals surface area contributed by atoms with Crippen molar-refractivity contribution in [2.45, 2.75) is 83.9 Å². The van der Waals surface area contributed by atoms with E-state index in [2.05, 4.69) is 55.8 Å². The second kappa shape index (κ2) is 14.1. The van der Waals surface area contributed by atoms with Crippen LogP contribution in [0.5, 0.6) is 0 Å². The van der Waals surface area contributed by atoms with Crippen molar-refractivity contribution in [1.82, 2.24) is 15.3 Å². The highest BCUT2D eigenvalue weighted by Gasteiger charge is 2.30. The Morgan fingerprint density at radius 2 is 1.91 bits per heavy atom. The molecule has 0 bridgehead atoms. The monoisotopic (exact) mass is 600 g/mol. The van der Waals surface area contributed by atoms with Crippen molar-refractivity contribution >= 4 is 29.2 Å². The maximum atomic E-state index is 13.1. The molecule has 4 heterocycles. The number of anilines is 3. The summed E-state index contributed by atoms with van der Waals surface area (Å²) in [6.07, 6.45) is 11.4. The minimum absolute atomic E-state index is 0.143. The Bertz CT molecular complexity index is 1430. The molecule has 3 N–H and O–H groups in total. The van der Waals surface area contributed by atoms with Crippen molar-refractivity contribution < 1.29 is 18.9 Å². The molecule has 0 spiro atoms. The second-order valence-electron chi connectivity index (χ2n) is 12.7. The molecule has 1 fully saturated rings. The Labute approximate surface area is 260 Å². The average Bonchev–Trinajstić information content (AvgIpc) is 3.02. The highest BCUT2D eigenvalue weighted by atomic mass is 16.6. The zero-order valence-electron chi connectivity index (χ0n) is 26.4. The Kier molecular flexibility index (Phi) is 9.97. The van der Waals surface area contributed by atoms with Gasteiger partial charge in [-0.2, -0.15) is 0 Å². The van der Waals surface area contributed by atoms with Gasteiger partial charge in [-0.1, -0.05) is 37.3 Å². The van der Waals surface area contributed by atoms with E-state index in [4.69, 9.17) is 9.72 Å². The molecule has 1 saturated heterocycles. The van der Waals surface area contributed by atoms with Gasteiger partial charge >= 0.3 is 5.97 Å². The number of nitrogens with one attached hydrogen (secondary N) is 3. The Morgan fingerprint density at radius 3 is 2.64 bits per heavy atom. The molecule has 1 atom stereocenters. The zero-order chi connectivity index (χ0) is 31.1. The normalized spacial score (nSPS) is 16.0. The number of fused-ring (bicyclic) bond motifs is 1. The number of carbonyl (C=O) groups is 2. The number of pyridine rings is 1. The molecule has 0 radical (unpaired) electrons. The number of hydrogen-bond acceptors (Lipinski definition) is 8. The third-order valence-corrected chi connectivity index (χ3v) is 8.18. The minimum atomic E-state index is -0.882. The molecule has 0 saturated carbocycles. The Morgan fingerprint density at radius 1 is 1.14 bits per heavy atom. The predicted octanol–water partition coefficient (Wildman–Crippen LogP) is 4.01. The molecule has 5 rings (SSSR count). The summed E-state index contributed by atoms with van der Waals surface area (Å²) in [7, 11) is 0. The van der Waals surface area contributed by atoms with Gasteiger partial charge in [-0.15, -0.1) is 0 Å². The van der Waals surface area contributed by atoms with Crippen molar-refractivity contribution in [2.75, 3.05) is 41.7 Å². The van der Waals surface area contributed by atoms with E-state index in [9.17, 15) is 9.59 Å². The lowest BCUT2D eigenvalue weighted by molar-refractivity contribution is -0.724. The first-order valence-corrected chi connectivity index (χ1v) is 15.9. The van der Waals surface area contributed by atoms with Crippen LogP contribution in [-0.2, 0) is 33.6 Å². The fraction of sp³-hybridized carbons (Fsp3) is 0.500. The third-order valence-electron chi connectivity index (χ3n) is 8.18. The van der Waals surface area contributed by atoms with Gasteiger partial charge in [0.15, 0.2) is 18.4 Å². The molecule has 10 heteroatoms. The van der Waals surface area contributed by atoms with E-state index in [-0.39, 0.29) is 18.9 Å². The number of carbonyl (C=O) groups excluding carboxylic acids is 2. The van der Waals surface area contributed by atoms with Crippen LogP contribution < -0.4 is 25.4 Å². The van der Waals surface area contributed by atoms with E-state index in [1.165, 1.54) is 17.7 Å². The minimum Gasteiger partial charge on any atom is -0.458 e. The van der Waals surface area contributed by atoms with E-state index in [1.807, 2.05) is 51.1 Å². The summed E-state index contributed by atoms with van der Waals surface area (Å²) in [5, 5.41) is 9.76. The van der Waals surface area contributed by atoms with Gasteiger partial charge in [0, 0.05) is 50.7 Å². The lowest BCUT2D eigenvalue weighted by atomic mass is 10.0. The van der Waals surface area contributed by atoms with Crippen molar-refractivity contribution in [3.05, 3.63) is 71.8 Å². The standard InChI is InChI=1S/C34H45N7O3/c1-5-27-31(36-21-28(33(43)44-34(2,3)4)39-30(42)20-24-10-7-6-8-11-24)37-23-38-32(27)40-18-14-26(15-19-40)41-17-13-25-12-9-16-35-29(25)22-41/h6-8,10-11,13,17,22-23,26,28,35H,5,9,12,14-16,18-21H2,1-4H3,(H-,36,37,38,39,42)/p+1/t28-/m0/s1. The number of esters is 1. The first-order chi connectivity index (χ1) is 21.2. The van der Waals surface area contributed by atoms with Crippen LogP contribution >= 0.6 is 0 Å². The van der Waals surface area contributed by atoms with E-state index < -0.39 is 17.6 Å². The van der Waals surface area contributed by atoms with Gasteiger partial charge in [-0.05, 0) is 51.2 Å². The summed E-state index contributed by atoms with van der Waals surface area (Å²) < 4.78 is 8.02. The van der Waals surface area contributed by atoms with Gasteiger partial charge in [0.25, 0.3) is 0 Å². The third kappa shape index (κ3) is 8.03. The Hall–Kier alpha value is -4.21. The maximum Gasteiger partial charge on any atom is 0.331 e. The number of nitrogens with zero attached hydrogens (tertiary/aromatic N) is 4. The van der Waals surface area contributed by atoms with Crippen molar-refractivity contribution in [2.24, 2.45) is 0 Å². The van der Waals surface area contributed by atoms with Crippen molar-refractivity contribution in [3.8, 4) is 0 Å². The summed E-state index contributed by atoms with van der Waals surface area (Å²) in [5.74, 6) is 0.849. The van der Waals surface area contributed by atoms with Crippen LogP contribution in [0, 0.1) is 0 Å². The number of piperidine rings is 1. The molecule has 1 amide bonds. The number of ether oxygens (including phenoxy) is 1. The van der Waals surface area contributed by atoms with Gasteiger partial charge in [-0.25, -0.2) is 19.3 Å². The molecule has 0 unspecified atom stereocenters. The molecule has 2 aromatic heterocycles. The molecule has 44 heavy (non-hydrogen) atoms. The number of rotatable bonds is 10. The first kappa shape index (κ1) is 31.2. The lowest BCUT2D eigenvalue weighted by Gasteiger charge is -2.32. The van der Waals surface area contributed by atoms with E-state index in [0.29, 0.717) is 11.9 Å². The van der Waals surface area contributed by atoms with Crippen LogP contribution in [0.2, 0.25) is 0 Å². The predicted molar refractivity (Wildman–Crippen MR) is 172 cm³/mol. The number of amides is 1. The second-order valence-corrected chi connectivity index (χ2v) is 12.7. The zero-order valence-corrected chi connectivity index (χ0v) is 26.4. The fourth-order valence-corrected chi connectivity index (χ4v) is 5.97. The van der Waals surface area contributed by atoms with Crippen molar-refractivity contribution in [1.29, 1.82) is 0 Å². The van der Waals surface area contributed by atoms with Crippen LogP contribution in [0.1, 0.15) is 69.7 Å². The topological polar surface area (TPSA) is 112 Å². The molecular weight excluding hydrogens is 554 g/mol. The number of aromatic nitrogens is 3. The number of benzene rings is 1. The van der Waals surface area contributed by atoms with Crippen LogP contribution in [-0.4, -0.2) is 59.7 Å². The van der Waals surface area contributed by atoms with E-state index in [0.717, 1.165) is 62.3 Å². The smallest absolute Gasteiger partial charge is 0.331 e. The van der Waals surface area contributed by atoms with Crippen LogP contribution in [0.3, 0.4) is 0 Å². The summed E-state index contributed by atoms with van der Waals surface area (Å²) in [4.78, 5) is 37.6.